The van der Waals surface area contributed by atoms with Crippen LogP contribution in [0.15, 0.2) is 54.9 Å². The lowest BCUT2D eigenvalue weighted by atomic mass is 10.1. The number of halogens is 1. The number of carboxylic acid groups (broad SMARTS) is 1. The average molecular weight is 300 g/mol. The van der Waals surface area contributed by atoms with Crippen molar-refractivity contribution >= 4 is 17.6 Å². The van der Waals surface area contributed by atoms with E-state index in [1.54, 1.807) is 41.3 Å². The maximum absolute atomic E-state index is 11.2. The van der Waals surface area contributed by atoms with Gasteiger partial charge in [-0.1, -0.05) is 23.7 Å². The normalized spacial score (nSPS) is 10.5. The highest BCUT2D eigenvalue weighted by molar-refractivity contribution is 6.30. The third kappa shape index (κ3) is 2.64. The largest absolute Gasteiger partial charge is 0.476 e. The van der Waals surface area contributed by atoms with Crippen LogP contribution in [0.1, 0.15) is 10.5 Å². The standard InChI is InChI=1S/C15H10ClN3O2/c16-11-3-1-10(2-4-11)14-9-13(15(20)21)18-19(14)12-5-7-17-8-6-12/h1-9H,(H,20,21). The Labute approximate surface area is 125 Å². The van der Waals surface area contributed by atoms with Crippen LogP contribution in [-0.4, -0.2) is 25.8 Å². The van der Waals surface area contributed by atoms with Gasteiger partial charge in [0.25, 0.3) is 0 Å². The molecule has 5 nitrogen and oxygen atoms in total. The van der Waals surface area contributed by atoms with Gasteiger partial charge in [0.15, 0.2) is 5.69 Å². The van der Waals surface area contributed by atoms with Crippen molar-refractivity contribution in [2.24, 2.45) is 0 Å². The Kier molecular flexibility index (Phi) is 3.41. The van der Waals surface area contributed by atoms with Crippen molar-refractivity contribution in [3.05, 3.63) is 65.6 Å². The summed E-state index contributed by atoms with van der Waals surface area (Å²) in [7, 11) is 0. The number of rotatable bonds is 3. The molecule has 0 atom stereocenters. The van der Waals surface area contributed by atoms with Gasteiger partial charge >= 0.3 is 5.97 Å². The molecule has 104 valence electrons. The molecule has 2 heterocycles. The summed E-state index contributed by atoms with van der Waals surface area (Å²) in [6.45, 7) is 0. The fraction of sp³-hybridized carbons (Fsp3) is 0. The zero-order valence-electron chi connectivity index (χ0n) is 10.8. The summed E-state index contributed by atoms with van der Waals surface area (Å²) in [6, 6.07) is 12.2. The van der Waals surface area contributed by atoms with Crippen molar-refractivity contribution in [3.8, 4) is 16.9 Å². The highest BCUT2D eigenvalue weighted by Crippen LogP contribution is 2.25. The first-order valence-electron chi connectivity index (χ1n) is 6.15. The second-order valence-corrected chi connectivity index (χ2v) is 4.78. The molecule has 3 aromatic rings. The van der Waals surface area contributed by atoms with Gasteiger partial charge in [0.2, 0.25) is 0 Å². The topological polar surface area (TPSA) is 68.0 Å². The molecular weight excluding hydrogens is 290 g/mol. The maximum atomic E-state index is 11.2. The summed E-state index contributed by atoms with van der Waals surface area (Å²) < 4.78 is 1.58. The second kappa shape index (κ2) is 5.38. The summed E-state index contributed by atoms with van der Waals surface area (Å²) in [5.74, 6) is -1.07. The lowest BCUT2D eigenvalue weighted by Crippen LogP contribution is -2.02. The molecule has 21 heavy (non-hydrogen) atoms. The van der Waals surface area contributed by atoms with E-state index in [0.717, 1.165) is 11.3 Å². The van der Waals surface area contributed by atoms with E-state index in [-0.39, 0.29) is 5.69 Å². The van der Waals surface area contributed by atoms with Crippen LogP contribution in [0.25, 0.3) is 16.9 Å². The van der Waals surface area contributed by atoms with Crippen molar-refractivity contribution in [1.82, 2.24) is 14.8 Å². The summed E-state index contributed by atoms with van der Waals surface area (Å²) >= 11 is 5.89. The Morgan fingerprint density at radius 3 is 2.38 bits per heavy atom. The van der Waals surface area contributed by atoms with Crippen LogP contribution in [0.2, 0.25) is 5.02 Å². The van der Waals surface area contributed by atoms with E-state index in [0.29, 0.717) is 10.7 Å². The molecular formula is C15H10ClN3O2. The fourth-order valence-electron chi connectivity index (χ4n) is 1.99. The number of pyridine rings is 1. The molecule has 0 saturated heterocycles. The van der Waals surface area contributed by atoms with E-state index in [1.165, 1.54) is 6.07 Å². The summed E-state index contributed by atoms with van der Waals surface area (Å²) in [5, 5.41) is 13.9. The summed E-state index contributed by atoms with van der Waals surface area (Å²) in [4.78, 5) is 15.1. The van der Waals surface area contributed by atoms with Crippen LogP contribution in [-0.2, 0) is 0 Å². The van der Waals surface area contributed by atoms with E-state index in [4.69, 9.17) is 16.7 Å². The third-order valence-electron chi connectivity index (χ3n) is 2.98. The summed E-state index contributed by atoms with van der Waals surface area (Å²) in [5.41, 5.74) is 2.23. The van der Waals surface area contributed by atoms with Gasteiger partial charge in [0.1, 0.15) is 0 Å². The first kappa shape index (κ1) is 13.3. The van der Waals surface area contributed by atoms with Crippen LogP contribution in [0, 0.1) is 0 Å². The molecule has 3 rings (SSSR count). The van der Waals surface area contributed by atoms with Gasteiger partial charge in [-0.2, -0.15) is 5.10 Å². The molecule has 0 spiro atoms. The van der Waals surface area contributed by atoms with Crippen molar-refractivity contribution in [2.75, 3.05) is 0 Å². The molecule has 1 N–H and O–H groups in total. The lowest BCUT2D eigenvalue weighted by molar-refractivity contribution is 0.0690. The minimum absolute atomic E-state index is 0.0169. The molecule has 0 aliphatic heterocycles. The monoisotopic (exact) mass is 299 g/mol. The minimum Gasteiger partial charge on any atom is -0.476 e. The Hall–Kier alpha value is -2.66. The predicted octanol–water partition coefficient (Wildman–Crippen LogP) is 3.29. The highest BCUT2D eigenvalue weighted by atomic mass is 35.5. The van der Waals surface area contributed by atoms with Crippen LogP contribution in [0.4, 0.5) is 0 Å². The molecule has 0 radical (unpaired) electrons. The Balaban J connectivity index is 2.19. The van der Waals surface area contributed by atoms with Gasteiger partial charge in [-0.25, -0.2) is 9.48 Å². The smallest absolute Gasteiger partial charge is 0.356 e. The number of nitrogens with zero attached hydrogens (tertiary/aromatic N) is 3. The van der Waals surface area contributed by atoms with E-state index in [1.807, 2.05) is 12.1 Å². The van der Waals surface area contributed by atoms with Gasteiger partial charge in [0, 0.05) is 23.0 Å². The molecule has 2 aromatic heterocycles. The number of carboxylic acids is 1. The first-order valence-corrected chi connectivity index (χ1v) is 6.52. The fourth-order valence-corrected chi connectivity index (χ4v) is 2.12. The average Bonchev–Trinajstić information content (AvgIpc) is 2.94. The molecule has 1 aromatic carbocycles. The number of aromatic carboxylic acids is 1. The third-order valence-corrected chi connectivity index (χ3v) is 3.23. The lowest BCUT2D eigenvalue weighted by Gasteiger charge is -2.07. The zero-order valence-corrected chi connectivity index (χ0v) is 11.5. The van der Waals surface area contributed by atoms with Gasteiger partial charge in [-0.15, -0.1) is 0 Å². The van der Waals surface area contributed by atoms with Gasteiger partial charge in [-0.05, 0) is 30.3 Å². The first-order chi connectivity index (χ1) is 10.1. The Bertz CT molecular complexity index is 782. The quantitative estimate of drug-likeness (QED) is 0.806. The Morgan fingerprint density at radius 1 is 1.10 bits per heavy atom. The van der Waals surface area contributed by atoms with Gasteiger partial charge in [-0.3, -0.25) is 4.98 Å². The van der Waals surface area contributed by atoms with Crippen molar-refractivity contribution in [1.29, 1.82) is 0 Å². The minimum atomic E-state index is -1.07. The zero-order chi connectivity index (χ0) is 14.8. The van der Waals surface area contributed by atoms with Crippen molar-refractivity contribution in [2.45, 2.75) is 0 Å². The van der Waals surface area contributed by atoms with Crippen molar-refractivity contribution < 1.29 is 9.90 Å². The SMILES string of the molecule is O=C(O)c1cc(-c2ccc(Cl)cc2)n(-c2ccncc2)n1. The molecule has 6 heteroatoms. The predicted molar refractivity (Wildman–Crippen MR) is 78.8 cm³/mol. The number of carbonyl (C=O) groups is 1. The van der Waals surface area contributed by atoms with Crippen LogP contribution in [0.3, 0.4) is 0 Å². The van der Waals surface area contributed by atoms with Crippen LogP contribution < -0.4 is 0 Å². The number of hydrogen-bond acceptors (Lipinski definition) is 3. The molecule has 0 bridgehead atoms. The molecule has 0 unspecified atom stereocenters. The van der Waals surface area contributed by atoms with Gasteiger partial charge < -0.3 is 5.11 Å². The highest BCUT2D eigenvalue weighted by Gasteiger charge is 2.15. The van der Waals surface area contributed by atoms with E-state index >= 15 is 0 Å². The van der Waals surface area contributed by atoms with E-state index in [9.17, 15) is 4.79 Å². The van der Waals surface area contributed by atoms with E-state index in [2.05, 4.69) is 10.1 Å². The molecule has 0 aliphatic carbocycles. The van der Waals surface area contributed by atoms with Crippen LogP contribution >= 0.6 is 11.6 Å². The molecule has 0 fully saturated rings. The molecule has 0 saturated carbocycles. The molecule has 0 aliphatic rings. The van der Waals surface area contributed by atoms with E-state index < -0.39 is 5.97 Å². The van der Waals surface area contributed by atoms with Crippen molar-refractivity contribution in [3.63, 3.8) is 0 Å². The Morgan fingerprint density at radius 2 is 1.76 bits per heavy atom. The number of aromatic nitrogens is 3. The number of benzene rings is 1. The second-order valence-electron chi connectivity index (χ2n) is 4.34. The van der Waals surface area contributed by atoms with Gasteiger partial charge in [0.05, 0.1) is 11.4 Å². The number of hydrogen-bond donors (Lipinski definition) is 1. The van der Waals surface area contributed by atoms with Crippen LogP contribution in [0.5, 0.6) is 0 Å². The maximum Gasteiger partial charge on any atom is 0.356 e. The molecule has 0 amide bonds. The summed E-state index contributed by atoms with van der Waals surface area (Å²) in [6.07, 6.45) is 3.26.